The molecule has 0 N–H and O–H groups in total. The molecular weight excluding hydrogens is 223 g/mol. The van der Waals surface area contributed by atoms with Gasteiger partial charge in [-0.3, -0.25) is 4.79 Å². The second-order valence-electron chi connectivity index (χ2n) is 2.85. The van der Waals surface area contributed by atoms with Crippen molar-refractivity contribution in [2.75, 3.05) is 0 Å². The molecule has 1 rings (SSSR count). The summed E-state index contributed by atoms with van der Waals surface area (Å²) in [7, 11) is 0. The van der Waals surface area contributed by atoms with Crippen molar-refractivity contribution in [3.05, 3.63) is 29.1 Å². The zero-order valence-electron chi connectivity index (χ0n) is 8.13. The molecule has 6 heteroatoms. The Balaban J connectivity index is 3.43. The van der Waals surface area contributed by atoms with Crippen molar-refractivity contribution in [3.63, 3.8) is 0 Å². The number of hydrogen-bond donors (Lipinski definition) is 0. The Kier molecular flexibility index (Phi) is 3.51. The van der Waals surface area contributed by atoms with Crippen LogP contribution in [0.2, 0.25) is 0 Å². The van der Waals surface area contributed by atoms with Crippen LogP contribution in [0, 0.1) is 17.1 Å². The molecule has 0 heterocycles. The summed E-state index contributed by atoms with van der Waals surface area (Å²) in [6.45, 7) is -2.23. The van der Waals surface area contributed by atoms with Crippen LogP contribution in [0.4, 0.5) is 13.2 Å². The number of ketones is 1. The predicted molar refractivity (Wildman–Crippen MR) is 47.8 cm³/mol. The molecule has 0 atom stereocenters. The zero-order chi connectivity index (χ0) is 12.3. The van der Waals surface area contributed by atoms with Gasteiger partial charge in [-0.2, -0.15) is 14.0 Å². The van der Waals surface area contributed by atoms with Crippen LogP contribution in [0.25, 0.3) is 0 Å². The monoisotopic (exact) mass is 229 g/mol. The molecule has 0 amide bonds. The maximum atomic E-state index is 13.2. The van der Waals surface area contributed by atoms with E-state index in [0.29, 0.717) is 0 Å². The summed E-state index contributed by atoms with van der Waals surface area (Å²) in [4.78, 5) is 11.1. The second-order valence-corrected chi connectivity index (χ2v) is 2.85. The fourth-order valence-corrected chi connectivity index (χ4v) is 1.20. The van der Waals surface area contributed by atoms with Crippen molar-refractivity contribution in [1.82, 2.24) is 0 Å². The lowest BCUT2D eigenvalue weighted by Crippen LogP contribution is -2.10. The maximum absolute atomic E-state index is 13.2. The number of Topliss-reactive ketones (excluding diaryl/α,β-unsaturated/α-hetero) is 1. The normalized spacial score (nSPS) is 10.0. The molecule has 1 aromatic carbocycles. The average molecular weight is 229 g/mol. The van der Waals surface area contributed by atoms with Crippen LogP contribution in [0.3, 0.4) is 0 Å². The number of carbonyl (C=O) groups is 1. The molecule has 0 radical (unpaired) electrons. The highest BCUT2D eigenvalue weighted by Gasteiger charge is 2.21. The van der Waals surface area contributed by atoms with E-state index in [1.54, 1.807) is 6.07 Å². The number of alkyl halides is 2. The van der Waals surface area contributed by atoms with E-state index in [0.717, 1.165) is 19.1 Å². The lowest BCUT2D eigenvalue weighted by atomic mass is 10.0. The summed E-state index contributed by atoms with van der Waals surface area (Å²) in [6, 6.07) is 3.43. The van der Waals surface area contributed by atoms with Crippen LogP contribution in [0.1, 0.15) is 22.8 Å². The van der Waals surface area contributed by atoms with Crippen LogP contribution in [-0.2, 0) is 0 Å². The van der Waals surface area contributed by atoms with E-state index in [4.69, 9.17) is 5.26 Å². The van der Waals surface area contributed by atoms with E-state index < -0.39 is 29.5 Å². The zero-order valence-corrected chi connectivity index (χ0v) is 8.13. The molecule has 0 spiro atoms. The molecule has 0 aromatic heterocycles. The number of ether oxygens (including phenoxy) is 1. The molecule has 0 bridgehead atoms. The average Bonchev–Trinajstić information content (AvgIpc) is 2.19. The maximum Gasteiger partial charge on any atom is 0.387 e. The van der Waals surface area contributed by atoms with E-state index in [1.165, 1.54) is 0 Å². The van der Waals surface area contributed by atoms with Gasteiger partial charge in [0.2, 0.25) is 0 Å². The Morgan fingerprint density at radius 3 is 2.56 bits per heavy atom. The minimum Gasteiger partial charge on any atom is -0.431 e. The molecule has 3 nitrogen and oxygen atoms in total. The molecule has 0 aliphatic carbocycles. The topological polar surface area (TPSA) is 50.1 Å². The van der Waals surface area contributed by atoms with Gasteiger partial charge < -0.3 is 4.74 Å². The number of carbonyl (C=O) groups excluding carboxylic acids is 1. The minimum absolute atomic E-state index is 0.204. The van der Waals surface area contributed by atoms with E-state index in [2.05, 4.69) is 4.74 Å². The smallest absolute Gasteiger partial charge is 0.387 e. The summed E-state index contributed by atoms with van der Waals surface area (Å²) in [5, 5.41) is 8.65. The first kappa shape index (κ1) is 12.0. The van der Waals surface area contributed by atoms with Crippen LogP contribution < -0.4 is 4.74 Å². The Morgan fingerprint density at radius 1 is 1.50 bits per heavy atom. The van der Waals surface area contributed by atoms with Crippen molar-refractivity contribution in [3.8, 4) is 11.8 Å². The quantitative estimate of drug-likeness (QED) is 0.748. The Labute approximate surface area is 89.1 Å². The third kappa shape index (κ3) is 2.31. The van der Waals surface area contributed by atoms with Gasteiger partial charge in [-0.25, -0.2) is 4.39 Å². The molecule has 0 saturated heterocycles. The number of nitriles is 1. The summed E-state index contributed by atoms with van der Waals surface area (Å²) in [5.74, 6) is -2.71. The largest absolute Gasteiger partial charge is 0.431 e. The van der Waals surface area contributed by atoms with Crippen molar-refractivity contribution in [2.45, 2.75) is 13.5 Å². The van der Waals surface area contributed by atoms with Crippen molar-refractivity contribution in [2.24, 2.45) is 0 Å². The highest BCUT2D eigenvalue weighted by molar-refractivity contribution is 5.99. The Hall–Kier alpha value is -2.03. The van der Waals surface area contributed by atoms with Gasteiger partial charge in [0.15, 0.2) is 17.3 Å². The van der Waals surface area contributed by atoms with Crippen molar-refractivity contribution in [1.29, 1.82) is 5.26 Å². The predicted octanol–water partition coefficient (Wildman–Crippen LogP) is 2.50. The van der Waals surface area contributed by atoms with Gasteiger partial charge >= 0.3 is 6.61 Å². The first-order chi connectivity index (χ1) is 7.47. The highest BCUT2D eigenvalue weighted by Crippen LogP contribution is 2.28. The molecule has 0 saturated carbocycles. The first-order valence-corrected chi connectivity index (χ1v) is 4.15. The third-order valence-electron chi connectivity index (χ3n) is 1.79. The Bertz CT molecular complexity index is 466. The van der Waals surface area contributed by atoms with E-state index in [-0.39, 0.29) is 5.56 Å². The SMILES string of the molecule is CC(=O)c1c(C#N)ccc(F)c1OC(F)F. The van der Waals surface area contributed by atoms with Crippen LogP contribution >= 0.6 is 0 Å². The number of benzene rings is 1. The van der Waals surface area contributed by atoms with E-state index in [9.17, 15) is 18.0 Å². The molecular formula is C10H6F3NO2. The number of halogens is 3. The molecule has 1 aromatic rings. The van der Waals surface area contributed by atoms with Gasteiger partial charge in [0.25, 0.3) is 0 Å². The van der Waals surface area contributed by atoms with Gasteiger partial charge in [-0.05, 0) is 19.1 Å². The van der Waals surface area contributed by atoms with Gasteiger partial charge in [-0.15, -0.1) is 0 Å². The van der Waals surface area contributed by atoms with Gasteiger partial charge in [-0.1, -0.05) is 0 Å². The highest BCUT2D eigenvalue weighted by atomic mass is 19.3. The third-order valence-corrected chi connectivity index (χ3v) is 1.79. The van der Waals surface area contributed by atoms with E-state index in [1.807, 2.05) is 0 Å². The van der Waals surface area contributed by atoms with Gasteiger partial charge in [0.1, 0.15) is 6.07 Å². The summed E-state index contributed by atoms with van der Waals surface area (Å²) >= 11 is 0. The van der Waals surface area contributed by atoms with Gasteiger partial charge in [0, 0.05) is 0 Å². The lowest BCUT2D eigenvalue weighted by Gasteiger charge is -2.10. The standard InChI is InChI=1S/C10H6F3NO2/c1-5(15)8-6(4-14)2-3-7(11)9(8)16-10(12)13/h2-3,10H,1H3. The summed E-state index contributed by atoms with van der Waals surface area (Å²) in [5.41, 5.74) is -0.674. The molecule has 0 aliphatic rings. The lowest BCUT2D eigenvalue weighted by molar-refractivity contribution is -0.0525. The molecule has 0 fully saturated rings. The molecule has 0 aliphatic heterocycles. The fourth-order valence-electron chi connectivity index (χ4n) is 1.20. The molecule has 16 heavy (non-hydrogen) atoms. The second kappa shape index (κ2) is 4.66. The molecule has 0 unspecified atom stereocenters. The number of rotatable bonds is 3. The molecule has 84 valence electrons. The minimum atomic E-state index is -3.26. The van der Waals surface area contributed by atoms with Gasteiger partial charge in [0.05, 0.1) is 11.1 Å². The van der Waals surface area contributed by atoms with Crippen molar-refractivity contribution < 1.29 is 22.7 Å². The summed E-state index contributed by atoms with van der Waals surface area (Å²) in [6.07, 6.45) is 0. The van der Waals surface area contributed by atoms with Crippen molar-refractivity contribution >= 4 is 5.78 Å². The first-order valence-electron chi connectivity index (χ1n) is 4.15. The van der Waals surface area contributed by atoms with Crippen LogP contribution in [0.5, 0.6) is 5.75 Å². The fraction of sp³-hybridized carbons (Fsp3) is 0.200. The van der Waals surface area contributed by atoms with Crippen LogP contribution in [0.15, 0.2) is 12.1 Å². The number of hydrogen-bond acceptors (Lipinski definition) is 3. The van der Waals surface area contributed by atoms with Crippen LogP contribution in [-0.4, -0.2) is 12.4 Å². The number of nitrogens with zero attached hydrogens (tertiary/aromatic N) is 1. The Morgan fingerprint density at radius 2 is 2.12 bits per heavy atom. The van der Waals surface area contributed by atoms with E-state index >= 15 is 0 Å². The summed E-state index contributed by atoms with van der Waals surface area (Å²) < 4.78 is 41.1.